The van der Waals surface area contributed by atoms with Crippen LogP contribution in [-0.4, -0.2) is 20.7 Å². The van der Waals surface area contributed by atoms with Crippen molar-refractivity contribution >= 4 is 43.4 Å². The number of fused-ring (bicyclic) bond motifs is 3. The lowest BCUT2D eigenvalue weighted by atomic mass is 10.1. The number of hydrogen-bond donors (Lipinski definition) is 1. The minimum absolute atomic E-state index is 0.176. The molecule has 0 atom stereocenters. The van der Waals surface area contributed by atoms with Gasteiger partial charge in [-0.1, -0.05) is 41.7 Å². The van der Waals surface area contributed by atoms with Gasteiger partial charge in [0.05, 0.1) is 15.9 Å². The summed E-state index contributed by atoms with van der Waals surface area (Å²) in [6, 6.07) is 21.4. The van der Waals surface area contributed by atoms with Crippen molar-refractivity contribution in [2.45, 2.75) is 0 Å². The van der Waals surface area contributed by atoms with E-state index in [1.165, 1.54) is 11.3 Å². The summed E-state index contributed by atoms with van der Waals surface area (Å²) in [4.78, 5) is 17.2. The van der Waals surface area contributed by atoms with E-state index in [0.717, 1.165) is 26.7 Å². The number of hydrogen-bond acceptors (Lipinski definition) is 4. The van der Waals surface area contributed by atoms with E-state index >= 15 is 0 Å². The Hall–Kier alpha value is -3.51. The van der Waals surface area contributed by atoms with Crippen LogP contribution in [0.4, 0.5) is 5.13 Å². The van der Waals surface area contributed by atoms with Crippen LogP contribution >= 0.6 is 11.3 Å². The van der Waals surface area contributed by atoms with Crippen molar-refractivity contribution in [1.29, 1.82) is 0 Å². The molecule has 5 rings (SSSR count). The first kappa shape index (κ1) is 15.7. The summed E-state index contributed by atoms with van der Waals surface area (Å²) in [6.07, 6.45) is 3.58. The normalized spacial score (nSPS) is 11.1. The monoisotopic (exact) mass is 370 g/mol. The fourth-order valence-corrected chi connectivity index (χ4v) is 3.95. The second-order valence-electron chi connectivity index (χ2n) is 6.10. The van der Waals surface area contributed by atoms with Gasteiger partial charge in [0.15, 0.2) is 5.13 Å². The first-order valence-electron chi connectivity index (χ1n) is 8.48. The molecule has 0 aliphatic heterocycles. The Morgan fingerprint density at radius 1 is 0.963 bits per heavy atom. The molecule has 2 heterocycles. The van der Waals surface area contributed by atoms with Gasteiger partial charge in [0.2, 0.25) is 0 Å². The summed E-state index contributed by atoms with van der Waals surface area (Å²) in [5.41, 5.74) is 2.40. The van der Waals surface area contributed by atoms with Crippen LogP contribution in [0, 0.1) is 0 Å². The second-order valence-corrected chi connectivity index (χ2v) is 7.13. The Morgan fingerprint density at radius 3 is 2.63 bits per heavy atom. The molecule has 0 unspecified atom stereocenters. The number of carbonyl (C=O) groups excluding carboxylic acids is 1. The zero-order valence-electron chi connectivity index (χ0n) is 14.2. The summed E-state index contributed by atoms with van der Waals surface area (Å²) < 4.78 is 2.80. The van der Waals surface area contributed by atoms with E-state index < -0.39 is 0 Å². The first-order valence-corrected chi connectivity index (χ1v) is 9.29. The second kappa shape index (κ2) is 6.34. The largest absolute Gasteiger partial charge is 0.298 e. The van der Waals surface area contributed by atoms with E-state index in [9.17, 15) is 4.79 Å². The van der Waals surface area contributed by atoms with Crippen molar-refractivity contribution in [2.24, 2.45) is 0 Å². The maximum Gasteiger partial charge on any atom is 0.257 e. The van der Waals surface area contributed by atoms with E-state index in [-0.39, 0.29) is 5.91 Å². The molecule has 0 saturated carbocycles. The van der Waals surface area contributed by atoms with Gasteiger partial charge in [0.1, 0.15) is 0 Å². The highest BCUT2D eigenvalue weighted by molar-refractivity contribution is 7.22. The molecule has 0 saturated heterocycles. The van der Waals surface area contributed by atoms with Crippen LogP contribution in [0.1, 0.15) is 10.4 Å². The van der Waals surface area contributed by atoms with Gasteiger partial charge in [-0.05, 0) is 41.8 Å². The highest BCUT2D eigenvalue weighted by atomic mass is 32.1. The van der Waals surface area contributed by atoms with Crippen molar-refractivity contribution in [3.63, 3.8) is 0 Å². The SMILES string of the molecule is O=C(Nc1nc2c(ccc3ccccc32)s1)c1ccc(-n2cccn2)cc1. The molecule has 2 aromatic heterocycles. The number of amides is 1. The lowest BCUT2D eigenvalue weighted by Gasteiger charge is -2.04. The van der Waals surface area contributed by atoms with Gasteiger partial charge >= 0.3 is 0 Å². The predicted molar refractivity (Wildman–Crippen MR) is 109 cm³/mol. The van der Waals surface area contributed by atoms with Gasteiger partial charge in [-0.25, -0.2) is 9.67 Å². The third kappa shape index (κ3) is 2.86. The van der Waals surface area contributed by atoms with Crippen LogP contribution in [-0.2, 0) is 0 Å². The average molecular weight is 370 g/mol. The van der Waals surface area contributed by atoms with Crippen LogP contribution in [0.25, 0.3) is 26.7 Å². The lowest BCUT2D eigenvalue weighted by molar-refractivity contribution is 0.102. The van der Waals surface area contributed by atoms with Crippen LogP contribution < -0.4 is 5.32 Å². The van der Waals surface area contributed by atoms with Gasteiger partial charge in [0.25, 0.3) is 5.91 Å². The maximum atomic E-state index is 12.6. The average Bonchev–Trinajstić information content (AvgIpc) is 3.38. The fraction of sp³-hybridized carbons (Fsp3) is 0. The van der Waals surface area contributed by atoms with Crippen molar-refractivity contribution in [3.05, 3.63) is 84.7 Å². The number of benzene rings is 3. The molecule has 6 heteroatoms. The summed E-state index contributed by atoms with van der Waals surface area (Å²) in [5.74, 6) is -0.176. The molecule has 3 aromatic carbocycles. The molecule has 1 N–H and O–H groups in total. The van der Waals surface area contributed by atoms with Crippen LogP contribution in [0.2, 0.25) is 0 Å². The third-order valence-corrected chi connectivity index (χ3v) is 5.34. The van der Waals surface area contributed by atoms with Gasteiger partial charge in [-0.15, -0.1) is 0 Å². The zero-order valence-corrected chi connectivity index (χ0v) is 15.0. The van der Waals surface area contributed by atoms with Gasteiger partial charge in [-0.3, -0.25) is 10.1 Å². The van der Waals surface area contributed by atoms with E-state index in [1.807, 2.05) is 42.6 Å². The molecule has 0 bridgehead atoms. The molecule has 5 nitrogen and oxygen atoms in total. The summed E-state index contributed by atoms with van der Waals surface area (Å²) in [7, 11) is 0. The van der Waals surface area contributed by atoms with Crippen molar-refractivity contribution in [1.82, 2.24) is 14.8 Å². The molecule has 0 radical (unpaired) electrons. The minimum Gasteiger partial charge on any atom is -0.298 e. The van der Waals surface area contributed by atoms with E-state index in [0.29, 0.717) is 10.7 Å². The summed E-state index contributed by atoms with van der Waals surface area (Å²) >= 11 is 1.48. The quantitative estimate of drug-likeness (QED) is 0.492. The van der Waals surface area contributed by atoms with Gasteiger partial charge in [0, 0.05) is 23.3 Å². The molecule has 0 aliphatic rings. The van der Waals surface area contributed by atoms with Crippen molar-refractivity contribution < 1.29 is 4.79 Å². The van der Waals surface area contributed by atoms with Gasteiger partial charge in [-0.2, -0.15) is 5.10 Å². The number of thiazole rings is 1. The first-order chi connectivity index (χ1) is 13.3. The molecule has 130 valence electrons. The highest BCUT2D eigenvalue weighted by Gasteiger charge is 2.12. The van der Waals surface area contributed by atoms with E-state index in [1.54, 1.807) is 23.0 Å². The predicted octanol–water partition coefficient (Wildman–Crippen LogP) is 4.89. The number of carbonyl (C=O) groups is 1. The molecule has 0 fully saturated rings. The zero-order chi connectivity index (χ0) is 18.2. The highest BCUT2D eigenvalue weighted by Crippen LogP contribution is 2.31. The molecular formula is C21H14N4OS. The minimum atomic E-state index is -0.176. The molecule has 1 amide bonds. The molecule has 5 aromatic rings. The van der Waals surface area contributed by atoms with Gasteiger partial charge < -0.3 is 0 Å². The topological polar surface area (TPSA) is 59.8 Å². The van der Waals surface area contributed by atoms with Crippen LogP contribution in [0.5, 0.6) is 0 Å². The molecule has 27 heavy (non-hydrogen) atoms. The number of nitrogens with one attached hydrogen (secondary N) is 1. The number of rotatable bonds is 3. The Balaban J connectivity index is 1.43. The Kier molecular flexibility index (Phi) is 3.69. The summed E-state index contributed by atoms with van der Waals surface area (Å²) in [5, 5.41) is 9.93. The van der Waals surface area contributed by atoms with E-state index in [4.69, 9.17) is 0 Å². The molecular weight excluding hydrogens is 356 g/mol. The smallest absolute Gasteiger partial charge is 0.257 e. The maximum absolute atomic E-state index is 12.6. The molecule has 0 aliphatic carbocycles. The Labute approximate surface area is 158 Å². The van der Waals surface area contributed by atoms with Crippen molar-refractivity contribution in [2.75, 3.05) is 5.32 Å². The Bertz CT molecular complexity index is 1260. The van der Waals surface area contributed by atoms with E-state index in [2.05, 4.69) is 33.6 Å². The number of nitrogens with zero attached hydrogens (tertiary/aromatic N) is 3. The Morgan fingerprint density at radius 2 is 1.81 bits per heavy atom. The summed E-state index contributed by atoms with van der Waals surface area (Å²) in [6.45, 7) is 0. The fourth-order valence-electron chi connectivity index (χ4n) is 3.07. The van der Waals surface area contributed by atoms with Crippen LogP contribution in [0.3, 0.4) is 0 Å². The lowest BCUT2D eigenvalue weighted by Crippen LogP contribution is -2.11. The molecule has 0 spiro atoms. The third-order valence-electron chi connectivity index (χ3n) is 4.40. The van der Waals surface area contributed by atoms with Crippen LogP contribution in [0.15, 0.2) is 79.1 Å². The number of aromatic nitrogens is 3. The number of anilines is 1. The van der Waals surface area contributed by atoms with Crippen molar-refractivity contribution in [3.8, 4) is 5.69 Å². The standard InChI is InChI=1S/C21H14N4OS/c26-20(15-6-9-16(10-7-15)25-13-3-12-22-25)24-21-23-19-17-5-2-1-4-14(17)8-11-18(19)27-21/h1-13H,(H,23,24,26).